The third-order valence-corrected chi connectivity index (χ3v) is 15.4. The molecule has 0 aromatic heterocycles. The Bertz CT molecular complexity index is 2550. The maximum Gasteiger partial charge on any atom is 0.338 e. The molecule has 0 spiro atoms. The molecule has 9 rings (SSSR count). The SMILES string of the molecule is COC(=O)c1ccc([O-])c(I)c1.O=C(OCC[NH+]1CCOCC1)C1CCCCC1.O=C(OCC[NH+]1CCOCC1)c1ccccc1.O=C(OCC[NH+]1CCOCC1)c1ccccc1.[O-]c1c(F)ccc(I)c1F.[O-]c1cccc(I)c1F. The van der Waals surface area contributed by atoms with Crippen molar-refractivity contribution in [2.75, 3.05) is 125 Å². The number of carbonyl (C=O) groups is 4. The van der Waals surface area contributed by atoms with Crippen molar-refractivity contribution in [3.8, 4) is 17.2 Å². The van der Waals surface area contributed by atoms with Crippen LogP contribution in [0.1, 0.15) is 63.2 Å². The molecular weight excluding hydrogens is 1410 g/mol. The topological polar surface area (TPSA) is 215 Å². The lowest BCUT2D eigenvalue weighted by atomic mass is 9.89. The van der Waals surface area contributed by atoms with E-state index in [-0.39, 0.29) is 33.1 Å². The molecular formula is C59H71F3I3N3O14. The van der Waals surface area contributed by atoms with Crippen LogP contribution in [0.25, 0.3) is 0 Å². The molecule has 4 aliphatic rings. The summed E-state index contributed by atoms with van der Waals surface area (Å²) in [6.07, 6.45) is 5.72. The van der Waals surface area contributed by atoms with Gasteiger partial charge in [-0.05, 0) is 141 Å². The Hall–Kier alpha value is -4.88. The first-order chi connectivity index (χ1) is 39.6. The van der Waals surface area contributed by atoms with Gasteiger partial charge in [0.15, 0.2) is 0 Å². The molecule has 5 aromatic rings. The largest absolute Gasteiger partial charge is 0.872 e. The summed E-state index contributed by atoms with van der Waals surface area (Å²) < 4.78 is 74.2. The Labute approximate surface area is 518 Å². The number of benzene rings is 5. The lowest BCUT2D eigenvalue weighted by Gasteiger charge is -2.24. The van der Waals surface area contributed by atoms with E-state index in [1.807, 2.05) is 59.0 Å². The fraction of sp³-hybridized carbons (Fsp3) is 0.424. The number of carbonyl (C=O) groups excluding carboxylic acids is 4. The molecule has 0 amide bonds. The number of morpholine rings is 3. The van der Waals surface area contributed by atoms with Crippen molar-refractivity contribution in [2.24, 2.45) is 5.92 Å². The lowest BCUT2D eigenvalue weighted by molar-refractivity contribution is -0.908. The molecule has 1 saturated carbocycles. The van der Waals surface area contributed by atoms with Crippen LogP contribution in [-0.2, 0) is 38.0 Å². The zero-order chi connectivity index (χ0) is 59.5. The zero-order valence-electron chi connectivity index (χ0n) is 45.7. The summed E-state index contributed by atoms with van der Waals surface area (Å²) in [5, 5.41) is 31.8. The molecule has 0 radical (unpaired) electrons. The zero-order valence-corrected chi connectivity index (χ0v) is 52.2. The Morgan fingerprint density at radius 1 is 0.500 bits per heavy atom. The number of hydrogen-bond acceptors (Lipinski definition) is 14. The van der Waals surface area contributed by atoms with Gasteiger partial charge in [-0.25, -0.2) is 27.6 Å². The normalized spacial score (nSPS) is 15.5. The molecule has 3 saturated heterocycles. The number of halogens is 6. The second kappa shape index (κ2) is 40.4. The third kappa shape index (κ3) is 27.2. The molecule has 23 heteroatoms. The molecule has 1 aliphatic carbocycles. The van der Waals surface area contributed by atoms with Crippen LogP contribution in [0, 0.1) is 34.1 Å². The first-order valence-electron chi connectivity index (χ1n) is 26.9. The molecule has 82 heavy (non-hydrogen) atoms. The van der Waals surface area contributed by atoms with Gasteiger partial charge >= 0.3 is 23.9 Å². The summed E-state index contributed by atoms with van der Waals surface area (Å²) in [5.74, 6) is -5.17. The third-order valence-electron chi connectivity index (χ3n) is 12.9. The van der Waals surface area contributed by atoms with Gasteiger partial charge in [-0.2, -0.15) is 0 Å². The predicted octanol–water partition coefficient (Wildman–Crippen LogP) is 3.84. The standard InChI is InChI=1S/C13H23NO3.2C13H17NO3.C8H7IO3.C6H3F2IO.C6H4FIO/c3*15-13(12-4-2-1-3-5-12)17-11-8-14-6-9-16-10-7-14;1-12-8(11)5-2-3-7(10)6(9)4-5;7-3-1-2-4(9)5(8)6(3)10;7-6-4(8)2-1-3-5(6)9/h12H,1-11H2;2*1-5H,6-11H2;2-4,10H,1H3;1-2,10H;1-3,9H. The van der Waals surface area contributed by atoms with Crippen LogP contribution in [0.15, 0.2) is 109 Å². The van der Waals surface area contributed by atoms with E-state index in [2.05, 4.69) is 4.74 Å². The summed E-state index contributed by atoms with van der Waals surface area (Å²) in [5.41, 5.74) is 1.63. The van der Waals surface area contributed by atoms with Crippen LogP contribution in [0.5, 0.6) is 17.2 Å². The van der Waals surface area contributed by atoms with Gasteiger partial charge in [0, 0.05) is 10.7 Å². The number of quaternary nitrogens is 3. The first kappa shape index (κ1) is 69.6. The average molecular weight is 1480 g/mol. The van der Waals surface area contributed by atoms with Crippen LogP contribution in [0.2, 0.25) is 0 Å². The number of methoxy groups -OCH3 is 1. The number of esters is 4. The van der Waals surface area contributed by atoms with E-state index in [9.17, 15) is 47.7 Å². The fourth-order valence-corrected chi connectivity index (χ4v) is 9.53. The molecule has 0 bridgehead atoms. The smallest absolute Gasteiger partial charge is 0.338 e. The van der Waals surface area contributed by atoms with Crippen LogP contribution >= 0.6 is 67.8 Å². The molecule has 0 unspecified atom stereocenters. The first-order valence-corrected chi connectivity index (χ1v) is 30.1. The van der Waals surface area contributed by atoms with E-state index in [0.717, 1.165) is 117 Å². The fourth-order valence-electron chi connectivity index (χ4n) is 8.11. The van der Waals surface area contributed by atoms with Gasteiger partial charge in [0.1, 0.15) is 96.2 Å². The Kier molecular flexibility index (Phi) is 34.3. The van der Waals surface area contributed by atoms with Gasteiger partial charge in [-0.3, -0.25) is 4.79 Å². The quantitative estimate of drug-likeness (QED) is 0.0662. The molecule has 3 aliphatic heterocycles. The highest BCUT2D eigenvalue weighted by atomic mass is 127. The van der Waals surface area contributed by atoms with Crippen LogP contribution in [-0.4, -0.2) is 149 Å². The van der Waals surface area contributed by atoms with Crippen molar-refractivity contribution in [1.29, 1.82) is 0 Å². The molecule has 17 nitrogen and oxygen atoms in total. The number of rotatable bonds is 13. The van der Waals surface area contributed by atoms with E-state index in [4.69, 9.17) is 28.4 Å². The second-order valence-corrected chi connectivity index (χ2v) is 22.2. The van der Waals surface area contributed by atoms with E-state index < -0.39 is 34.9 Å². The van der Waals surface area contributed by atoms with E-state index >= 15 is 0 Å². The van der Waals surface area contributed by atoms with Crippen molar-refractivity contribution in [2.45, 2.75) is 32.1 Å². The summed E-state index contributed by atoms with van der Waals surface area (Å²) in [4.78, 5) is 50.4. The highest BCUT2D eigenvalue weighted by Gasteiger charge is 2.23. The van der Waals surface area contributed by atoms with E-state index in [0.29, 0.717) is 43.7 Å². The Balaban J connectivity index is 0.000000215. The molecule has 3 heterocycles. The maximum atomic E-state index is 12.4. The van der Waals surface area contributed by atoms with Gasteiger partial charge in [-0.1, -0.05) is 85.4 Å². The summed E-state index contributed by atoms with van der Waals surface area (Å²) >= 11 is 5.28. The van der Waals surface area contributed by atoms with E-state index in [1.54, 1.807) is 75.5 Å². The van der Waals surface area contributed by atoms with Crippen molar-refractivity contribution >= 4 is 91.6 Å². The molecule has 5 aromatic carbocycles. The van der Waals surface area contributed by atoms with Gasteiger partial charge in [0.2, 0.25) is 0 Å². The maximum absolute atomic E-state index is 12.4. The highest BCUT2D eigenvalue weighted by molar-refractivity contribution is 14.1. The molecule has 0 atom stereocenters. The van der Waals surface area contributed by atoms with Gasteiger partial charge in [0.25, 0.3) is 0 Å². The van der Waals surface area contributed by atoms with Crippen molar-refractivity contribution < 1.29 is 95.5 Å². The minimum Gasteiger partial charge on any atom is -0.872 e. The number of hydrogen-bond donors (Lipinski definition) is 3. The summed E-state index contributed by atoms with van der Waals surface area (Å²) in [7, 11) is 1.31. The Morgan fingerprint density at radius 3 is 1.37 bits per heavy atom. The summed E-state index contributed by atoms with van der Waals surface area (Å²) in [6.45, 7) is 15.2. The number of ether oxygens (including phenoxy) is 7. The average Bonchev–Trinajstić information content (AvgIpc) is 3.52. The molecule has 448 valence electrons. The van der Waals surface area contributed by atoms with Crippen LogP contribution in [0.4, 0.5) is 13.2 Å². The summed E-state index contributed by atoms with van der Waals surface area (Å²) in [6, 6.07) is 29.0. The second-order valence-electron chi connectivity index (χ2n) is 18.7. The monoisotopic (exact) mass is 1480 g/mol. The molecule has 3 N–H and O–H groups in total. The van der Waals surface area contributed by atoms with Crippen molar-refractivity contribution in [1.82, 2.24) is 0 Å². The van der Waals surface area contributed by atoms with E-state index in [1.165, 1.54) is 77.5 Å². The lowest BCUT2D eigenvalue weighted by Crippen LogP contribution is -3.14. The highest BCUT2D eigenvalue weighted by Crippen LogP contribution is 2.25. The predicted molar refractivity (Wildman–Crippen MR) is 317 cm³/mol. The minimum absolute atomic E-state index is 0.0392. The van der Waals surface area contributed by atoms with Gasteiger partial charge in [-0.15, -0.1) is 0 Å². The minimum atomic E-state index is -1.16. The van der Waals surface area contributed by atoms with Crippen LogP contribution < -0.4 is 30.0 Å². The van der Waals surface area contributed by atoms with Crippen LogP contribution in [0.3, 0.4) is 0 Å². The van der Waals surface area contributed by atoms with Gasteiger partial charge in [0.05, 0.1) is 69.4 Å². The number of nitrogens with one attached hydrogen (secondary N) is 3. The van der Waals surface area contributed by atoms with Gasteiger partial charge < -0.3 is 63.2 Å². The van der Waals surface area contributed by atoms with Crippen molar-refractivity contribution in [3.63, 3.8) is 0 Å². The van der Waals surface area contributed by atoms with Crippen molar-refractivity contribution in [3.05, 3.63) is 154 Å². The Morgan fingerprint density at radius 2 is 0.951 bits per heavy atom. The molecule has 4 fully saturated rings.